The maximum absolute atomic E-state index is 11.9. The molecule has 1 rings (SSSR count). The first kappa shape index (κ1) is 17.7. The van der Waals surface area contributed by atoms with Crippen LogP contribution >= 0.6 is 0 Å². The normalized spacial score (nSPS) is 10.2. The summed E-state index contributed by atoms with van der Waals surface area (Å²) in [7, 11) is 0. The fourth-order valence-corrected chi connectivity index (χ4v) is 1.81. The van der Waals surface area contributed by atoms with Crippen LogP contribution in [0.1, 0.15) is 35.3 Å². The molecule has 0 unspecified atom stereocenters. The zero-order valence-electron chi connectivity index (χ0n) is 13.4. The van der Waals surface area contributed by atoms with Gasteiger partial charge in [0.05, 0.1) is 5.56 Å². The first-order valence-electron chi connectivity index (χ1n) is 7.11. The first-order valence-corrected chi connectivity index (χ1v) is 7.11. The Kier molecular flexibility index (Phi) is 6.56. The van der Waals surface area contributed by atoms with Gasteiger partial charge in [-0.05, 0) is 31.9 Å². The third kappa shape index (κ3) is 6.39. The molecule has 0 bridgehead atoms. The molecule has 6 heteroatoms. The number of carbonyl (C=O) groups excluding carboxylic acids is 3. The highest BCUT2D eigenvalue weighted by atomic mass is 16.5. The van der Waals surface area contributed by atoms with Crippen LogP contribution in [0.25, 0.3) is 0 Å². The van der Waals surface area contributed by atoms with Crippen molar-refractivity contribution in [3.8, 4) is 0 Å². The molecule has 0 radical (unpaired) electrons. The number of urea groups is 1. The van der Waals surface area contributed by atoms with E-state index in [0.717, 1.165) is 11.1 Å². The fourth-order valence-electron chi connectivity index (χ4n) is 1.81. The lowest BCUT2D eigenvalue weighted by atomic mass is 10.1. The Morgan fingerprint density at radius 1 is 1.09 bits per heavy atom. The van der Waals surface area contributed by atoms with Gasteiger partial charge in [-0.2, -0.15) is 0 Å². The van der Waals surface area contributed by atoms with Gasteiger partial charge in [-0.15, -0.1) is 0 Å². The molecule has 1 aromatic carbocycles. The number of nitrogens with one attached hydrogen (secondary N) is 2. The van der Waals surface area contributed by atoms with Gasteiger partial charge in [-0.1, -0.05) is 31.0 Å². The van der Waals surface area contributed by atoms with E-state index in [0.29, 0.717) is 12.1 Å². The number of imide groups is 1. The minimum atomic E-state index is -0.668. The largest absolute Gasteiger partial charge is 0.452 e. The molecule has 0 saturated heterocycles. The van der Waals surface area contributed by atoms with E-state index in [-0.39, 0.29) is 5.92 Å². The van der Waals surface area contributed by atoms with E-state index >= 15 is 0 Å². The van der Waals surface area contributed by atoms with Crippen molar-refractivity contribution in [1.29, 1.82) is 0 Å². The molecule has 0 heterocycles. The van der Waals surface area contributed by atoms with Gasteiger partial charge in [0, 0.05) is 6.54 Å². The summed E-state index contributed by atoms with van der Waals surface area (Å²) in [6.07, 6.45) is 0. The minimum absolute atomic E-state index is 0.281. The van der Waals surface area contributed by atoms with Crippen LogP contribution < -0.4 is 10.6 Å². The molecule has 0 spiro atoms. The van der Waals surface area contributed by atoms with Gasteiger partial charge in [0.15, 0.2) is 6.61 Å². The Morgan fingerprint density at radius 2 is 1.68 bits per heavy atom. The predicted molar refractivity (Wildman–Crippen MR) is 82.6 cm³/mol. The van der Waals surface area contributed by atoms with Crippen molar-refractivity contribution < 1.29 is 19.1 Å². The molecular formula is C16H22N2O4. The lowest BCUT2D eigenvalue weighted by Crippen LogP contribution is -2.42. The van der Waals surface area contributed by atoms with Crippen molar-refractivity contribution in [2.24, 2.45) is 5.92 Å². The zero-order valence-corrected chi connectivity index (χ0v) is 13.4. The van der Waals surface area contributed by atoms with Gasteiger partial charge in [0.25, 0.3) is 5.91 Å². The van der Waals surface area contributed by atoms with E-state index in [4.69, 9.17) is 4.74 Å². The Hall–Kier alpha value is -2.37. The number of hydrogen-bond donors (Lipinski definition) is 2. The molecule has 0 atom stereocenters. The SMILES string of the molecule is Cc1cc(C)cc(C(=O)OCC(=O)NC(=O)NCC(C)C)c1. The number of amides is 3. The van der Waals surface area contributed by atoms with Crippen LogP contribution in [0.2, 0.25) is 0 Å². The lowest BCUT2D eigenvalue weighted by Gasteiger charge is -2.09. The summed E-state index contributed by atoms with van der Waals surface area (Å²) in [5.41, 5.74) is 2.25. The number of esters is 1. The van der Waals surface area contributed by atoms with Crippen LogP contribution in [-0.4, -0.2) is 31.1 Å². The highest BCUT2D eigenvalue weighted by Gasteiger charge is 2.13. The molecule has 0 aliphatic carbocycles. The highest BCUT2D eigenvalue weighted by Crippen LogP contribution is 2.09. The molecule has 0 aromatic heterocycles. The standard InChI is InChI=1S/C16H22N2O4/c1-10(2)8-17-16(21)18-14(19)9-22-15(20)13-6-11(3)5-12(4)7-13/h5-7,10H,8-9H2,1-4H3,(H2,17,18,19,21). The quantitative estimate of drug-likeness (QED) is 0.814. The van der Waals surface area contributed by atoms with Crippen molar-refractivity contribution in [3.05, 3.63) is 34.9 Å². The monoisotopic (exact) mass is 306 g/mol. The second-order valence-corrected chi connectivity index (χ2v) is 5.60. The molecule has 0 aliphatic heterocycles. The van der Waals surface area contributed by atoms with Crippen LogP contribution in [0.4, 0.5) is 4.79 Å². The predicted octanol–water partition coefficient (Wildman–Crippen LogP) is 1.94. The summed E-state index contributed by atoms with van der Waals surface area (Å²) in [6.45, 7) is 7.58. The van der Waals surface area contributed by atoms with Gasteiger partial charge in [-0.25, -0.2) is 9.59 Å². The van der Waals surface area contributed by atoms with Crippen LogP contribution in [0.5, 0.6) is 0 Å². The van der Waals surface area contributed by atoms with Crippen LogP contribution in [0.15, 0.2) is 18.2 Å². The third-order valence-electron chi connectivity index (χ3n) is 2.72. The van der Waals surface area contributed by atoms with Gasteiger partial charge in [0.2, 0.25) is 0 Å². The van der Waals surface area contributed by atoms with E-state index in [1.54, 1.807) is 12.1 Å². The molecule has 2 N–H and O–H groups in total. The third-order valence-corrected chi connectivity index (χ3v) is 2.72. The van der Waals surface area contributed by atoms with Crippen molar-refractivity contribution in [3.63, 3.8) is 0 Å². The minimum Gasteiger partial charge on any atom is -0.452 e. The van der Waals surface area contributed by atoms with Gasteiger partial charge >= 0.3 is 12.0 Å². The summed E-state index contributed by atoms with van der Waals surface area (Å²) < 4.78 is 4.90. The Morgan fingerprint density at radius 3 is 2.23 bits per heavy atom. The second kappa shape index (κ2) is 8.17. The topological polar surface area (TPSA) is 84.5 Å². The molecular weight excluding hydrogens is 284 g/mol. The molecule has 6 nitrogen and oxygen atoms in total. The van der Waals surface area contributed by atoms with E-state index in [2.05, 4.69) is 10.6 Å². The van der Waals surface area contributed by atoms with Crippen LogP contribution in [0, 0.1) is 19.8 Å². The summed E-state index contributed by atoms with van der Waals surface area (Å²) in [5, 5.41) is 4.63. The summed E-state index contributed by atoms with van der Waals surface area (Å²) >= 11 is 0. The Balaban J connectivity index is 2.43. The first-order chi connectivity index (χ1) is 10.3. The molecule has 0 saturated carbocycles. The Bertz CT molecular complexity index is 547. The molecule has 0 aliphatic rings. The van der Waals surface area contributed by atoms with Gasteiger partial charge in [-0.3, -0.25) is 10.1 Å². The number of hydrogen-bond acceptors (Lipinski definition) is 4. The van der Waals surface area contributed by atoms with Gasteiger partial charge in [0.1, 0.15) is 0 Å². The van der Waals surface area contributed by atoms with Gasteiger partial charge < -0.3 is 10.1 Å². The van der Waals surface area contributed by atoms with Crippen molar-refractivity contribution >= 4 is 17.9 Å². The van der Waals surface area contributed by atoms with Crippen LogP contribution in [-0.2, 0) is 9.53 Å². The van der Waals surface area contributed by atoms with E-state index in [1.807, 2.05) is 33.8 Å². The number of aryl methyl sites for hydroxylation is 2. The lowest BCUT2D eigenvalue weighted by molar-refractivity contribution is -0.123. The fraction of sp³-hybridized carbons (Fsp3) is 0.438. The van der Waals surface area contributed by atoms with E-state index < -0.39 is 24.5 Å². The summed E-state index contributed by atoms with van der Waals surface area (Å²) in [4.78, 5) is 34.7. The Labute approximate surface area is 130 Å². The average molecular weight is 306 g/mol. The highest BCUT2D eigenvalue weighted by molar-refractivity contribution is 5.97. The second-order valence-electron chi connectivity index (χ2n) is 5.60. The van der Waals surface area contributed by atoms with E-state index in [1.165, 1.54) is 0 Å². The van der Waals surface area contributed by atoms with Crippen molar-refractivity contribution in [1.82, 2.24) is 10.6 Å². The van der Waals surface area contributed by atoms with Crippen molar-refractivity contribution in [2.75, 3.05) is 13.2 Å². The number of rotatable bonds is 5. The summed E-state index contributed by atoms with van der Waals surface area (Å²) in [5.74, 6) is -0.980. The van der Waals surface area contributed by atoms with E-state index in [9.17, 15) is 14.4 Å². The average Bonchev–Trinajstić information content (AvgIpc) is 2.41. The van der Waals surface area contributed by atoms with Crippen LogP contribution in [0.3, 0.4) is 0 Å². The molecule has 0 fully saturated rings. The molecule has 22 heavy (non-hydrogen) atoms. The maximum Gasteiger partial charge on any atom is 0.338 e. The number of ether oxygens (including phenoxy) is 1. The van der Waals surface area contributed by atoms with Crippen molar-refractivity contribution in [2.45, 2.75) is 27.7 Å². The summed E-state index contributed by atoms with van der Waals surface area (Å²) in [6, 6.07) is 4.70. The molecule has 1 aromatic rings. The smallest absolute Gasteiger partial charge is 0.338 e. The molecule has 120 valence electrons. The number of benzene rings is 1. The zero-order chi connectivity index (χ0) is 16.7. The maximum atomic E-state index is 11.9. The molecule has 3 amide bonds. The number of carbonyl (C=O) groups is 3.